The van der Waals surface area contributed by atoms with Crippen molar-refractivity contribution < 1.29 is 0 Å². The topological polar surface area (TPSA) is 12.9 Å². The number of hydrogen-bond acceptors (Lipinski definition) is 1. The van der Waals surface area contributed by atoms with E-state index in [9.17, 15) is 0 Å². The smallest absolute Gasteiger partial charge is 0.0731 e. The molecule has 1 heterocycles. The molecule has 0 amide bonds. The van der Waals surface area contributed by atoms with Crippen molar-refractivity contribution in [2.24, 2.45) is 0 Å². The number of pyridine rings is 1. The van der Waals surface area contributed by atoms with Crippen LogP contribution in [0.4, 0.5) is 0 Å². The summed E-state index contributed by atoms with van der Waals surface area (Å²) < 4.78 is 0. The lowest BCUT2D eigenvalue weighted by Gasteiger charge is -2.07. The SMILES string of the molecule is Clc1c2ccccc2nc2cc3ccccc3cc12. The molecular weight excluding hydrogens is 254 g/mol. The quantitative estimate of drug-likeness (QED) is 0.398. The number of halogens is 1. The molecule has 0 aliphatic heterocycles. The lowest BCUT2D eigenvalue weighted by molar-refractivity contribution is 1.51. The zero-order valence-electron chi connectivity index (χ0n) is 10.1. The van der Waals surface area contributed by atoms with Crippen LogP contribution in [-0.4, -0.2) is 4.98 Å². The molecule has 0 saturated carbocycles. The molecule has 0 aliphatic rings. The summed E-state index contributed by atoms with van der Waals surface area (Å²) in [5.74, 6) is 0. The largest absolute Gasteiger partial charge is 0.248 e. The number of nitrogens with zero attached hydrogens (tertiary/aromatic N) is 1. The first-order chi connectivity index (χ1) is 9.33. The first kappa shape index (κ1) is 10.8. The summed E-state index contributed by atoms with van der Waals surface area (Å²) in [4.78, 5) is 4.70. The maximum absolute atomic E-state index is 6.53. The van der Waals surface area contributed by atoms with Crippen molar-refractivity contribution in [1.29, 1.82) is 0 Å². The molecule has 0 aliphatic carbocycles. The molecule has 3 aromatic carbocycles. The van der Waals surface area contributed by atoms with Crippen LogP contribution in [0.3, 0.4) is 0 Å². The Balaban J connectivity index is 2.25. The van der Waals surface area contributed by atoms with E-state index >= 15 is 0 Å². The van der Waals surface area contributed by atoms with Crippen LogP contribution in [0.5, 0.6) is 0 Å². The first-order valence-corrected chi connectivity index (χ1v) is 6.57. The maximum Gasteiger partial charge on any atom is 0.0731 e. The van der Waals surface area contributed by atoms with Crippen LogP contribution in [0, 0.1) is 0 Å². The monoisotopic (exact) mass is 263 g/mol. The van der Waals surface area contributed by atoms with E-state index in [1.54, 1.807) is 0 Å². The van der Waals surface area contributed by atoms with E-state index in [4.69, 9.17) is 16.6 Å². The van der Waals surface area contributed by atoms with Crippen LogP contribution >= 0.6 is 11.6 Å². The van der Waals surface area contributed by atoms with Crippen molar-refractivity contribution in [3.05, 3.63) is 65.7 Å². The summed E-state index contributed by atoms with van der Waals surface area (Å²) in [6.07, 6.45) is 0. The van der Waals surface area contributed by atoms with Crippen molar-refractivity contribution in [2.75, 3.05) is 0 Å². The number of benzene rings is 3. The summed E-state index contributed by atoms with van der Waals surface area (Å²) in [5, 5.41) is 5.18. The highest BCUT2D eigenvalue weighted by molar-refractivity contribution is 6.40. The maximum atomic E-state index is 6.53. The van der Waals surface area contributed by atoms with E-state index in [1.807, 2.05) is 36.4 Å². The van der Waals surface area contributed by atoms with Gasteiger partial charge < -0.3 is 0 Å². The molecule has 4 rings (SSSR count). The summed E-state index contributed by atoms with van der Waals surface area (Å²) in [6.45, 7) is 0. The van der Waals surface area contributed by atoms with Gasteiger partial charge in [0.1, 0.15) is 0 Å². The van der Waals surface area contributed by atoms with Crippen LogP contribution in [0.2, 0.25) is 5.02 Å². The molecule has 1 aromatic heterocycles. The molecule has 1 nitrogen and oxygen atoms in total. The normalized spacial score (nSPS) is 11.4. The Morgan fingerprint density at radius 3 is 2.21 bits per heavy atom. The molecule has 0 spiro atoms. The van der Waals surface area contributed by atoms with Crippen molar-refractivity contribution >= 4 is 44.2 Å². The van der Waals surface area contributed by atoms with Gasteiger partial charge in [-0.2, -0.15) is 0 Å². The van der Waals surface area contributed by atoms with Crippen LogP contribution in [0.25, 0.3) is 32.6 Å². The molecule has 0 fully saturated rings. The molecule has 0 N–H and O–H groups in total. The highest BCUT2D eigenvalue weighted by atomic mass is 35.5. The van der Waals surface area contributed by atoms with E-state index in [2.05, 4.69) is 24.3 Å². The lowest BCUT2D eigenvalue weighted by Crippen LogP contribution is -1.85. The zero-order chi connectivity index (χ0) is 12.8. The molecule has 90 valence electrons. The molecule has 4 aromatic rings. The minimum absolute atomic E-state index is 0.784. The van der Waals surface area contributed by atoms with E-state index in [0.717, 1.165) is 26.8 Å². The van der Waals surface area contributed by atoms with Crippen LogP contribution < -0.4 is 0 Å². The van der Waals surface area contributed by atoms with Gasteiger partial charge in [0.05, 0.1) is 16.1 Å². The van der Waals surface area contributed by atoms with Gasteiger partial charge in [0, 0.05) is 10.8 Å². The summed E-state index contributed by atoms with van der Waals surface area (Å²) in [5.41, 5.74) is 1.89. The highest BCUT2D eigenvalue weighted by Crippen LogP contribution is 2.32. The van der Waals surface area contributed by atoms with Crippen LogP contribution in [-0.2, 0) is 0 Å². The predicted molar refractivity (Wildman–Crippen MR) is 81.8 cm³/mol. The average molecular weight is 264 g/mol. The number of fused-ring (bicyclic) bond motifs is 3. The Kier molecular flexibility index (Phi) is 2.23. The number of aromatic nitrogens is 1. The Labute approximate surface area is 115 Å². The standard InChI is InChI=1S/C17H10ClN/c18-17-13-7-3-4-8-15(13)19-16-10-12-6-2-1-5-11(12)9-14(16)17/h1-10H. The molecule has 2 heteroatoms. The molecule has 0 bridgehead atoms. The molecule has 0 radical (unpaired) electrons. The van der Waals surface area contributed by atoms with Gasteiger partial charge in [0.2, 0.25) is 0 Å². The summed E-state index contributed by atoms with van der Waals surface area (Å²) in [7, 11) is 0. The van der Waals surface area contributed by atoms with Gasteiger partial charge in [-0.25, -0.2) is 4.98 Å². The minimum Gasteiger partial charge on any atom is -0.248 e. The molecular formula is C17H10ClN. The highest BCUT2D eigenvalue weighted by Gasteiger charge is 2.07. The molecule has 0 unspecified atom stereocenters. The van der Waals surface area contributed by atoms with Gasteiger partial charge in [-0.15, -0.1) is 0 Å². The minimum atomic E-state index is 0.784. The fourth-order valence-electron chi connectivity index (χ4n) is 2.53. The molecule has 0 atom stereocenters. The van der Waals surface area contributed by atoms with Crippen molar-refractivity contribution in [3.8, 4) is 0 Å². The molecule has 19 heavy (non-hydrogen) atoms. The van der Waals surface area contributed by atoms with Gasteiger partial charge in [0.25, 0.3) is 0 Å². The Bertz CT molecular complexity index is 923. The van der Waals surface area contributed by atoms with Gasteiger partial charge in [-0.3, -0.25) is 0 Å². The fourth-order valence-corrected chi connectivity index (χ4v) is 2.84. The van der Waals surface area contributed by atoms with E-state index < -0.39 is 0 Å². The van der Waals surface area contributed by atoms with Crippen LogP contribution in [0.15, 0.2) is 60.7 Å². The van der Waals surface area contributed by atoms with E-state index in [-0.39, 0.29) is 0 Å². The van der Waals surface area contributed by atoms with Gasteiger partial charge >= 0.3 is 0 Å². The summed E-state index contributed by atoms with van der Waals surface area (Å²) >= 11 is 6.53. The second kappa shape index (κ2) is 3.94. The van der Waals surface area contributed by atoms with Crippen molar-refractivity contribution in [3.63, 3.8) is 0 Å². The average Bonchev–Trinajstić information content (AvgIpc) is 2.46. The predicted octanol–water partition coefficient (Wildman–Crippen LogP) is 5.19. The number of para-hydroxylation sites is 1. The van der Waals surface area contributed by atoms with Gasteiger partial charge in [-0.05, 0) is 29.0 Å². The third-order valence-corrected chi connectivity index (χ3v) is 3.89. The van der Waals surface area contributed by atoms with E-state index in [1.165, 1.54) is 10.8 Å². The second-order valence-corrected chi connectivity index (χ2v) is 5.04. The van der Waals surface area contributed by atoms with Crippen molar-refractivity contribution in [1.82, 2.24) is 4.98 Å². The van der Waals surface area contributed by atoms with Gasteiger partial charge in [0.15, 0.2) is 0 Å². The Hall–Kier alpha value is -2.12. The van der Waals surface area contributed by atoms with Gasteiger partial charge in [-0.1, -0.05) is 54.1 Å². The lowest BCUT2D eigenvalue weighted by atomic mass is 10.1. The van der Waals surface area contributed by atoms with Crippen LogP contribution in [0.1, 0.15) is 0 Å². The third kappa shape index (κ3) is 1.59. The fraction of sp³-hybridized carbons (Fsp3) is 0. The third-order valence-electron chi connectivity index (χ3n) is 3.48. The van der Waals surface area contributed by atoms with Crippen molar-refractivity contribution in [2.45, 2.75) is 0 Å². The molecule has 0 saturated heterocycles. The van der Waals surface area contributed by atoms with E-state index in [0.29, 0.717) is 0 Å². The Morgan fingerprint density at radius 1 is 0.684 bits per heavy atom. The number of rotatable bonds is 0. The Morgan fingerprint density at radius 2 is 1.37 bits per heavy atom. The number of hydrogen-bond donors (Lipinski definition) is 0. The second-order valence-electron chi connectivity index (χ2n) is 4.66. The zero-order valence-corrected chi connectivity index (χ0v) is 10.9. The summed E-state index contributed by atoms with van der Waals surface area (Å²) in [6, 6.07) is 20.5. The first-order valence-electron chi connectivity index (χ1n) is 6.20.